The monoisotopic (exact) mass is 230 g/mol. The van der Waals surface area contributed by atoms with Gasteiger partial charge in [0.1, 0.15) is 0 Å². The van der Waals surface area contributed by atoms with Crippen molar-refractivity contribution in [1.82, 2.24) is 15.2 Å². The van der Waals surface area contributed by atoms with E-state index in [1.165, 1.54) is 5.56 Å². The first-order chi connectivity index (χ1) is 7.83. The van der Waals surface area contributed by atoms with E-state index in [1.54, 1.807) is 17.5 Å². The third-order valence-corrected chi connectivity index (χ3v) is 3.06. The molecule has 0 unspecified atom stereocenters. The summed E-state index contributed by atoms with van der Waals surface area (Å²) < 4.78 is 0. The first-order valence-electron chi connectivity index (χ1n) is 4.94. The number of nitrogens with zero attached hydrogens (tertiary/aromatic N) is 2. The van der Waals surface area contributed by atoms with Crippen molar-refractivity contribution < 1.29 is 0 Å². The number of hydrogen-bond donors (Lipinski definition) is 2. The van der Waals surface area contributed by atoms with Gasteiger partial charge >= 0.3 is 0 Å². The van der Waals surface area contributed by atoms with E-state index in [9.17, 15) is 0 Å². The predicted molar refractivity (Wildman–Crippen MR) is 66.2 cm³/mol. The summed E-state index contributed by atoms with van der Waals surface area (Å²) in [7, 11) is 0. The van der Waals surface area contributed by atoms with Crippen molar-refractivity contribution in [2.45, 2.75) is 6.92 Å². The molecule has 0 saturated carbocycles. The minimum atomic E-state index is 0.827. The Labute approximate surface area is 96.3 Å². The molecule has 2 N–H and O–H groups in total. The summed E-state index contributed by atoms with van der Waals surface area (Å²) in [5.41, 5.74) is 2.25. The number of thiazole rings is 1. The highest BCUT2D eigenvalue weighted by Crippen LogP contribution is 2.25. The molecule has 3 aromatic rings. The van der Waals surface area contributed by atoms with Crippen LogP contribution in [-0.2, 0) is 0 Å². The average molecular weight is 230 g/mol. The highest BCUT2D eigenvalue weighted by Gasteiger charge is 2.06. The number of rotatable bonds is 2. The molecule has 0 spiro atoms. The van der Waals surface area contributed by atoms with Gasteiger partial charge < -0.3 is 5.32 Å². The number of hydrogen-bond acceptors (Lipinski definition) is 4. The Hall–Kier alpha value is -1.88. The molecule has 80 valence electrons. The lowest BCUT2D eigenvalue weighted by Crippen LogP contribution is -1.89. The van der Waals surface area contributed by atoms with Crippen molar-refractivity contribution >= 4 is 33.2 Å². The van der Waals surface area contributed by atoms with Crippen LogP contribution >= 0.6 is 11.3 Å². The maximum Gasteiger partial charge on any atom is 0.188 e. The van der Waals surface area contributed by atoms with E-state index in [2.05, 4.69) is 39.6 Å². The molecular weight excluding hydrogens is 220 g/mol. The van der Waals surface area contributed by atoms with Crippen LogP contribution in [0.1, 0.15) is 5.56 Å². The standard InChI is InChI=1S/C11H10N4S/c1-7-2-3-9-8(6-7)10(15-14-9)13-11-12-4-5-16-11/h2-6H,1H3,(H2,12,13,14,15). The summed E-state index contributed by atoms with van der Waals surface area (Å²) in [6.07, 6.45) is 1.77. The fourth-order valence-corrected chi connectivity index (χ4v) is 2.14. The van der Waals surface area contributed by atoms with Crippen LogP contribution in [0, 0.1) is 6.92 Å². The lowest BCUT2D eigenvalue weighted by molar-refractivity contribution is 1.12. The van der Waals surface area contributed by atoms with Crippen molar-refractivity contribution in [2.24, 2.45) is 0 Å². The number of fused-ring (bicyclic) bond motifs is 1. The molecule has 0 aliphatic carbocycles. The molecule has 3 rings (SSSR count). The number of H-pyrrole nitrogens is 1. The molecule has 0 fully saturated rings. The molecule has 1 aromatic carbocycles. The fourth-order valence-electron chi connectivity index (χ4n) is 1.61. The Balaban J connectivity index is 2.07. The maximum absolute atomic E-state index is 4.24. The van der Waals surface area contributed by atoms with E-state index in [-0.39, 0.29) is 0 Å². The fraction of sp³-hybridized carbons (Fsp3) is 0.0909. The van der Waals surface area contributed by atoms with Gasteiger partial charge in [0.2, 0.25) is 0 Å². The molecule has 0 saturated heterocycles. The molecule has 16 heavy (non-hydrogen) atoms. The Kier molecular flexibility index (Phi) is 2.11. The van der Waals surface area contributed by atoms with Crippen molar-refractivity contribution in [2.75, 3.05) is 5.32 Å². The number of aromatic amines is 1. The summed E-state index contributed by atoms with van der Waals surface area (Å²) in [6.45, 7) is 2.07. The van der Waals surface area contributed by atoms with Gasteiger partial charge in [0.25, 0.3) is 0 Å². The molecule has 0 amide bonds. The van der Waals surface area contributed by atoms with E-state index in [1.807, 2.05) is 11.4 Å². The summed E-state index contributed by atoms with van der Waals surface area (Å²) in [4.78, 5) is 4.17. The van der Waals surface area contributed by atoms with Crippen LogP contribution in [0.3, 0.4) is 0 Å². The van der Waals surface area contributed by atoms with Crippen molar-refractivity contribution in [3.8, 4) is 0 Å². The molecule has 0 aliphatic rings. The minimum absolute atomic E-state index is 0.827. The zero-order valence-corrected chi connectivity index (χ0v) is 9.51. The van der Waals surface area contributed by atoms with Crippen molar-refractivity contribution in [1.29, 1.82) is 0 Å². The molecule has 0 atom stereocenters. The Morgan fingerprint density at radius 2 is 2.31 bits per heavy atom. The molecule has 2 aromatic heterocycles. The molecule has 2 heterocycles. The maximum atomic E-state index is 4.24. The van der Waals surface area contributed by atoms with Gasteiger partial charge in [0.15, 0.2) is 10.9 Å². The lowest BCUT2D eigenvalue weighted by atomic mass is 10.2. The van der Waals surface area contributed by atoms with Crippen LogP contribution in [0.4, 0.5) is 10.9 Å². The Morgan fingerprint density at radius 3 is 3.12 bits per heavy atom. The molecule has 0 aliphatic heterocycles. The third kappa shape index (κ3) is 1.55. The largest absolute Gasteiger partial charge is 0.314 e. The number of nitrogens with one attached hydrogen (secondary N) is 2. The van der Waals surface area contributed by atoms with Crippen molar-refractivity contribution in [3.63, 3.8) is 0 Å². The lowest BCUT2D eigenvalue weighted by Gasteiger charge is -1.98. The van der Waals surface area contributed by atoms with Gasteiger partial charge in [-0.3, -0.25) is 5.10 Å². The first-order valence-corrected chi connectivity index (χ1v) is 5.82. The number of benzene rings is 1. The number of anilines is 2. The molecule has 5 heteroatoms. The third-order valence-electron chi connectivity index (χ3n) is 2.38. The zero-order valence-electron chi connectivity index (χ0n) is 8.69. The highest BCUT2D eigenvalue weighted by atomic mass is 32.1. The van der Waals surface area contributed by atoms with E-state index < -0.39 is 0 Å². The van der Waals surface area contributed by atoms with Crippen molar-refractivity contribution in [3.05, 3.63) is 35.3 Å². The van der Waals surface area contributed by atoms with E-state index in [0.29, 0.717) is 0 Å². The highest BCUT2D eigenvalue weighted by molar-refractivity contribution is 7.13. The summed E-state index contributed by atoms with van der Waals surface area (Å²) in [5.74, 6) is 0.827. The minimum Gasteiger partial charge on any atom is -0.314 e. The molecule has 0 bridgehead atoms. The average Bonchev–Trinajstić information content (AvgIpc) is 2.90. The van der Waals surface area contributed by atoms with Gasteiger partial charge in [-0.2, -0.15) is 5.10 Å². The van der Waals surface area contributed by atoms with Crippen LogP contribution in [0.25, 0.3) is 10.9 Å². The van der Waals surface area contributed by atoms with Crippen LogP contribution in [0.5, 0.6) is 0 Å². The second kappa shape index (κ2) is 3.61. The summed E-state index contributed by atoms with van der Waals surface area (Å²) in [6, 6.07) is 6.20. The van der Waals surface area contributed by atoms with Gasteiger partial charge in [-0.05, 0) is 19.1 Å². The summed E-state index contributed by atoms with van der Waals surface area (Å²) >= 11 is 1.56. The topological polar surface area (TPSA) is 53.6 Å². The zero-order chi connectivity index (χ0) is 11.0. The second-order valence-electron chi connectivity index (χ2n) is 3.58. The van der Waals surface area contributed by atoms with Crippen LogP contribution in [-0.4, -0.2) is 15.2 Å². The van der Waals surface area contributed by atoms with E-state index in [4.69, 9.17) is 0 Å². The predicted octanol–water partition coefficient (Wildman–Crippen LogP) is 3.07. The van der Waals surface area contributed by atoms with Crippen LogP contribution in [0.15, 0.2) is 29.8 Å². The van der Waals surface area contributed by atoms with Gasteiger partial charge in [-0.1, -0.05) is 11.6 Å². The van der Waals surface area contributed by atoms with Crippen LogP contribution in [0.2, 0.25) is 0 Å². The SMILES string of the molecule is Cc1ccc2[nH]nc(Nc3nccs3)c2c1. The van der Waals surface area contributed by atoms with Crippen LogP contribution < -0.4 is 5.32 Å². The van der Waals surface area contributed by atoms with Gasteiger partial charge in [0.05, 0.1) is 5.52 Å². The molecular formula is C11H10N4S. The van der Waals surface area contributed by atoms with E-state index in [0.717, 1.165) is 21.9 Å². The normalized spacial score (nSPS) is 10.8. The Morgan fingerprint density at radius 1 is 1.38 bits per heavy atom. The van der Waals surface area contributed by atoms with E-state index >= 15 is 0 Å². The molecule has 4 nitrogen and oxygen atoms in total. The quantitative estimate of drug-likeness (QED) is 0.711. The number of aromatic nitrogens is 3. The first kappa shape index (κ1) is 9.35. The molecule has 0 radical (unpaired) electrons. The number of aryl methyl sites for hydroxylation is 1. The van der Waals surface area contributed by atoms with Gasteiger partial charge in [0, 0.05) is 17.0 Å². The smallest absolute Gasteiger partial charge is 0.188 e. The van der Waals surface area contributed by atoms with Gasteiger partial charge in [-0.25, -0.2) is 4.98 Å². The summed E-state index contributed by atoms with van der Waals surface area (Å²) in [5, 5.41) is 14.3. The Bertz CT molecular complexity index is 612. The van der Waals surface area contributed by atoms with Gasteiger partial charge in [-0.15, -0.1) is 11.3 Å². The second-order valence-corrected chi connectivity index (χ2v) is 4.48.